The van der Waals surface area contributed by atoms with E-state index in [2.05, 4.69) is 0 Å². The molecule has 3 fully saturated rings. The fraction of sp³-hybridized carbons (Fsp3) is 0.531. The van der Waals surface area contributed by atoms with Crippen LogP contribution in [0.2, 0.25) is 0 Å². The smallest absolute Gasteiger partial charge is 0.402 e. The molecule has 0 radical (unpaired) electrons. The SMILES string of the molecule is CC1OC(OCC2OC(Oc3cc4c(O)cc(O)cc4[o+]c3-c3cc(O)c(O)c(O)c3)C(OC3OCC(O)C(O)C3O)C(O)C2O)C(O)C(O)C1O. The van der Waals surface area contributed by atoms with Gasteiger partial charge in [0.05, 0.1) is 30.9 Å². The monoisotopic (exact) mass is 743 g/mol. The predicted molar refractivity (Wildman–Crippen MR) is 167 cm³/mol. The Morgan fingerprint density at radius 2 is 1.37 bits per heavy atom. The predicted octanol–water partition coefficient (Wildman–Crippen LogP) is -2.60. The number of phenols is 5. The molecule has 52 heavy (non-hydrogen) atoms. The molecule has 286 valence electrons. The van der Waals surface area contributed by atoms with E-state index in [9.17, 15) is 66.4 Å². The summed E-state index contributed by atoms with van der Waals surface area (Å²) >= 11 is 0. The first kappa shape index (κ1) is 37.9. The number of aliphatic hydroxyl groups is 8. The number of phenolic OH excluding ortho intramolecular Hbond substituents is 5. The van der Waals surface area contributed by atoms with Gasteiger partial charge in [0.15, 0.2) is 35.9 Å². The summed E-state index contributed by atoms with van der Waals surface area (Å²) in [7, 11) is 0. The highest BCUT2D eigenvalue weighted by Crippen LogP contribution is 2.45. The molecule has 4 heterocycles. The first-order valence-corrected chi connectivity index (χ1v) is 15.9. The van der Waals surface area contributed by atoms with Gasteiger partial charge >= 0.3 is 11.3 Å². The van der Waals surface area contributed by atoms with Gasteiger partial charge < -0.3 is 94.8 Å². The van der Waals surface area contributed by atoms with Gasteiger partial charge in [-0.15, -0.1) is 0 Å². The number of rotatable bonds is 8. The van der Waals surface area contributed by atoms with Crippen LogP contribution < -0.4 is 4.74 Å². The van der Waals surface area contributed by atoms with Crippen molar-refractivity contribution in [2.75, 3.05) is 13.2 Å². The summed E-state index contributed by atoms with van der Waals surface area (Å²) in [5.41, 5.74) is -0.271. The topological polar surface area (TPSA) is 330 Å². The third-order valence-electron chi connectivity index (χ3n) is 9.01. The lowest BCUT2D eigenvalue weighted by Gasteiger charge is -2.45. The van der Waals surface area contributed by atoms with Crippen LogP contribution in [0.15, 0.2) is 34.7 Å². The number of hydrogen-bond acceptors (Lipinski definition) is 19. The molecule has 14 atom stereocenters. The average Bonchev–Trinajstić information content (AvgIpc) is 3.10. The van der Waals surface area contributed by atoms with Gasteiger partial charge in [-0.05, 0) is 6.92 Å². The van der Waals surface area contributed by atoms with Crippen LogP contribution in [0, 0.1) is 0 Å². The normalized spacial score (nSPS) is 36.9. The van der Waals surface area contributed by atoms with Crippen molar-refractivity contribution in [3.05, 3.63) is 30.3 Å². The van der Waals surface area contributed by atoms with Crippen LogP contribution in [0.5, 0.6) is 34.5 Å². The molecule has 13 N–H and O–H groups in total. The van der Waals surface area contributed by atoms with Gasteiger partial charge in [0, 0.05) is 24.3 Å². The van der Waals surface area contributed by atoms with Crippen molar-refractivity contribution >= 4 is 11.0 Å². The maximum Gasteiger partial charge on any atom is 0.402 e. The van der Waals surface area contributed by atoms with Crippen LogP contribution in [0.4, 0.5) is 0 Å². The summed E-state index contributed by atoms with van der Waals surface area (Å²) in [5, 5.41) is 135. The van der Waals surface area contributed by atoms with E-state index in [4.69, 9.17) is 32.8 Å². The van der Waals surface area contributed by atoms with Crippen molar-refractivity contribution in [1.82, 2.24) is 0 Å². The van der Waals surface area contributed by atoms with Crippen LogP contribution in [0.1, 0.15) is 6.92 Å². The lowest BCUT2D eigenvalue weighted by Crippen LogP contribution is -2.64. The van der Waals surface area contributed by atoms with Crippen LogP contribution in [0.25, 0.3) is 22.3 Å². The minimum Gasteiger partial charge on any atom is -0.507 e. The second-order valence-corrected chi connectivity index (χ2v) is 12.7. The molecule has 20 nitrogen and oxygen atoms in total. The van der Waals surface area contributed by atoms with E-state index in [1.165, 1.54) is 13.0 Å². The number of benzene rings is 2. The molecule has 0 spiro atoms. The molecule has 1 aromatic heterocycles. The van der Waals surface area contributed by atoms with Crippen molar-refractivity contribution in [2.45, 2.75) is 92.9 Å². The highest BCUT2D eigenvalue weighted by atomic mass is 16.8. The Bertz CT molecular complexity index is 1720. The molecule has 3 saturated heterocycles. The summed E-state index contributed by atoms with van der Waals surface area (Å²) in [6, 6.07) is 5.23. The Hall–Kier alpha value is -3.87. The highest BCUT2D eigenvalue weighted by Gasteiger charge is 2.51. The van der Waals surface area contributed by atoms with Crippen molar-refractivity contribution in [3.63, 3.8) is 0 Å². The number of aliphatic hydroxyl groups excluding tert-OH is 8. The van der Waals surface area contributed by atoms with E-state index in [0.29, 0.717) is 0 Å². The molecule has 3 aromatic rings. The molecule has 0 aliphatic carbocycles. The largest absolute Gasteiger partial charge is 0.507 e. The molecular formula is C32H39O20+. The van der Waals surface area contributed by atoms with E-state index in [1.807, 2.05) is 0 Å². The number of aromatic hydroxyl groups is 5. The van der Waals surface area contributed by atoms with E-state index in [0.717, 1.165) is 24.3 Å². The minimum absolute atomic E-state index is 0.0565. The van der Waals surface area contributed by atoms with Gasteiger partial charge in [-0.3, -0.25) is 0 Å². The summed E-state index contributed by atoms with van der Waals surface area (Å²) in [6.45, 7) is 0.256. The summed E-state index contributed by atoms with van der Waals surface area (Å²) in [5.74, 6) is -4.04. The summed E-state index contributed by atoms with van der Waals surface area (Å²) in [4.78, 5) is 0. The lowest BCUT2D eigenvalue weighted by molar-refractivity contribution is -0.352. The molecular weight excluding hydrogens is 704 g/mol. The van der Waals surface area contributed by atoms with Crippen LogP contribution in [-0.2, 0) is 23.7 Å². The van der Waals surface area contributed by atoms with Crippen molar-refractivity contribution in [1.29, 1.82) is 0 Å². The van der Waals surface area contributed by atoms with Crippen LogP contribution in [-0.4, -0.2) is 166 Å². The second-order valence-electron chi connectivity index (χ2n) is 12.7. The Kier molecular flexibility index (Phi) is 10.8. The summed E-state index contributed by atoms with van der Waals surface area (Å²) in [6.07, 6.45) is -23.2. The maximum absolute atomic E-state index is 11.4. The molecule has 0 amide bonds. The standard InChI is InChI=1S/C32H38O20/c1-9-20(38)24(42)27(45)30(48-9)47-8-19-23(41)25(43)29(52-31-26(44)22(40)16(37)7-46-31)32(51-19)50-18-6-12-13(34)4-11(33)5-17(12)49-28(18)10-2-14(35)21(39)15(36)3-10/h2-6,9,16,19-20,22-27,29-32,37-38,40-45H,7-8H2,1H3,(H4-,33,34,35,36,39)/p+1. The van der Waals surface area contributed by atoms with E-state index >= 15 is 0 Å². The summed E-state index contributed by atoms with van der Waals surface area (Å²) < 4.78 is 40.1. The quantitative estimate of drug-likeness (QED) is 0.0831. The fourth-order valence-electron chi connectivity index (χ4n) is 6.01. The Morgan fingerprint density at radius 3 is 2.06 bits per heavy atom. The molecule has 14 unspecified atom stereocenters. The molecule has 0 saturated carbocycles. The van der Waals surface area contributed by atoms with Crippen molar-refractivity contribution < 1.29 is 99.2 Å². The van der Waals surface area contributed by atoms with E-state index < -0.39 is 128 Å². The first-order valence-electron chi connectivity index (χ1n) is 15.9. The molecule has 2 aromatic carbocycles. The molecule has 3 aliphatic heterocycles. The highest BCUT2D eigenvalue weighted by molar-refractivity contribution is 5.88. The lowest BCUT2D eigenvalue weighted by atomic mass is 9.98. The average molecular weight is 744 g/mol. The molecule has 3 aliphatic rings. The Morgan fingerprint density at radius 1 is 0.692 bits per heavy atom. The number of hydrogen-bond donors (Lipinski definition) is 13. The Balaban J connectivity index is 1.37. The zero-order valence-corrected chi connectivity index (χ0v) is 27.1. The van der Waals surface area contributed by atoms with Gasteiger partial charge in [0.25, 0.3) is 0 Å². The van der Waals surface area contributed by atoms with Gasteiger partial charge in [-0.25, -0.2) is 4.42 Å². The third kappa shape index (κ3) is 7.21. The zero-order chi connectivity index (χ0) is 37.8. The molecule has 0 bridgehead atoms. The number of fused-ring (bicyclic) bond motifs is 1. The van der Waals surface area contributed by atoms with Gasteiger partial charge in [0.1, 0.15) is 71.8 Å². The van der Waals surface area contributed by atoms with E-state index in [-0.39, 0.29) is 28.0 Å². The van der Waals surface area contributed by atoms with Gasteiger partial charge in [-0.2, -0.15) is 0 Å². The Labute approximate surface area is 292 Å². The van der Waals surface area contributed by atoms with Crippen molar-refractivity contribution in [2.24, 2.45) is 0 Å². The van der Waals surface area contributed by atoms with Crippen molar-refractivity contribution in [3.8, 4) is 45.8 Å². The van der Waals surface area contributed by atoms with Crippen LogP contribution >= 0.6 is 0 Å². The molecule has 6 rings (SSSR count). The number of ether oxygens (including phenoxy) is 6. The zero-order valence-electron chi connectivity index (χ0n) is 27.1. The third-order valence-corrected chi connectivity index (χ3v) is 9.01. The van der Waals surface area contributed by atoms with Gasteiger partial charge in [0.2, 0.25) is 12.0 Å². The maximum atomic E-state index is 11.4. The minimum atomic E-state index is -1.97. The first-order chi connectivity index (χ1) is 24.5. The molecule has 20 heteroatoms. The fourth-order valence-corrected chi connectivity index (χ4v) is 6.01. The van der Waals surface area contributed by atoms with Crippen LogP contribution in [0.3, 0.4) is 0 Å². The van der Waals surface area contributed by atoms with Gasteiger partial charge in [-0.1, -0.05) is 0 Å². The van der Waals surface area contributed by atoms with E-state index in [1.54, 1.807) is 0 Å². The second kappa shape index (κ2) is 14.9.